The van der Waals surface area contributed by atoms with Crippen LogP contribution in [-0.4, -0.2) is 35.6 Å². The lowest BCUT2D eigenvalue weighted by Crippen LogP contribution is -2.14. The van der Waals surface area contributed by atoms with Gasteiger partial charge in [-0.15, -0.1) is 0 Å². The minimum absolute atomic E-state index is 0.0474. The maximum absolute atomic E-state index is 12.7. The minimum atomic E-state index is -1.11. The summed E-state index contributed by atoms with van der Waals surface area (Å²) in [6.45, 7) is 0.183. The van der Waals surface area contributed by atoms with E-state index in [1.165, 1.54) is 23.7 Å². The fraction of sp³-hybridized carbons (Fsp3) is 0.167. The summed E-state index contributed by atoms with van der Waals surface area (Å²) in [6.07, 6.45) is 6.02. The molecule has 0 bridgehead atoms. The molecule has 6 rings (SSSR count). The Morgan fingerprint density at radius 1 is 1.18 bits per heavy atom. The number of aromatic nitrogens is 5. The summed E-state index contributed by atoms with van der Waals surface area (Å²) < 4.78 is 1.73. The highest BCUT2D eigenvalue weighted by atomic mass is 35.5. The highest BCUT2D eigenvalue weighted by molar-refractivity contribution is 6.30. The molecule has 1 aliphatic rings. The van der Waals surface area contributed by atoms with Gasteiger partial charge in [0.25, 0.3) is 5.56 Å². The molecule has 5 aromatic rings. The molecule has 4 aromatic heterocycles. The van der Waals surface area contributed by atoms with Crippen LogP contribution in [0, 0.1) is 0 Å². The van der Waals surface area contributed by atoms with Crippen LogP contribution in [0.25, 0.3) is 33.2 Å². The molecule has 4 heterocycles. The zero-order valence-electron chi connectivity index (χ0n) is 17.4. The number of fused-ring (bicyclic) bond motifs is 3. The van der Waals surface area contributed by atoms with E-state index in [-0.39, 0.29) is 23.0 Å². The number of hydrogen-bond donors (Lipinski definition) is 3. The molecule has 0 unspecified atom stereocenters. The Bertz CT molecular complexity index is 1650. The molecule has 0 amide bonds. The number of aromatic amines is 2. The lowest BCUT2D eigenvalue weighted by atomic mass is 10.00. The van der Waals surface area contributed by atoms with E-state index < -0.39 is 5.97 Å². The fourth-order valence-electron chi connectivity index (χ4n) is 4.87. The predicted molar refractivity (Wildman–Crippen MR) is 125 cm³/mol. The first-order chi connectivity index (χ1) is 16.0. The lowest BCUT2D eigenvalue weighted by Gasteiger charge is -2.11. The van der Waals surface area contributed by atoms with Crippen molar-refractivity contribution in [2.75, 3.05) is 0 Å². The van der Waals surface area contributed by atoms with Crippen molar-refractivity contribution in [2.45, 2.75) is 25.8 Å². The van der Waals surface area contributed by atoms with E-state index in [0.717, 1.165) is 30.2 Å². The Kier molecular flexibility index (Phi) is 4.38. The van der Waals surface area contributed by atoms with Crippen LogP contribution in [0.1, 0.15) is 33.6 Å². The molecule has 8 nitrogen and oxygen atoms in total. The van der Waals surface area contributed by atoms with Gasteiger partial charge < -0.3 is 19.6 Å². The summed E-state index contributed by atoms with van der Waals surface area (Å²) in [5, 5.41) is 11.3. The van der Waals surface area contributed by atoms with Gasteiger partial charge in [0.05, 0.1) is 18.4 Å². The van der Waals surface area contributed by atoms with Crippen molar-refractivity contribution in [3.05, 3.63) is 80.7 Å². The average molecular weight is 460 g/mol. The molecule has 0 fully saturated rings. The molecular weight excluding hydrogens is 442 g/mol. The van der Waals surface area contributed by atoms with Crippen molar-refractivity contribution in [1.82, 2.24) is 24.5 Å². The Morgan fingerprint density at radius 2 is 2.00 bits per heavy atom. The number of carbonyl (C=O) groups is 1. The summed E-state index contributed by atoms with van der Waals surface area (Å²) in [7, 11) is 0. The number of hydrogen-bond acceptors (Lipinski definition) is 4. The summed E-state index contributed by atoms with van der Waals surface area (Å²) >= 11 is 6.46. The van der Waals surface area contributed by atoms with Crippen molar-refractivity contribution in [1.29, 1.82) is 0 Å². The number of pyridine rings is 2. The van der Waals surface area contributed by atoms with Crippen molar-refractivity contribution in [2.24, 2.45) is 0 Å². The number of nitrogens with one attached hydrogen (secondary N) is 2. The summed E-state index contributed by atoms with van der Waals surface area (Å²) in [5.41, 5.74) is 5.48. The quantitative estimate of drug-likeness (QED) is 0.349. The highest BCUT2D eigenvalue weighted by Gasteiger charge is 2.27. The lowest BCUT2D eigenvalue weighted by molar-refractivity contribution is 0.0687. The van der Waals surface area contributed by atoms with Gasteiger partial charge in [0, 0.05) is 33.8 Å². The van der Waals surface area contributed by atoms with Gasteiger partial charge in [0.2, 0.25) is 0 Å². The Balaban J connectivity index is 1.67. The van der Waals surface area contributed by atoms with Gasteiger partial charge in [-0.1, -0.05) is 11.6 Å². The van der Waals surface area contributed by atoms with Crippen LogP contribution < -0.4 is 5.56 Å². The molecule has 0 spiro atoms. The molecule has 1 aliphatic carbocycles. The molecule has 9 heteroatoms. The van der Waals surface area contributed by atoms with Crippen LogP contribution in [0.3, 0.4) is 0 Å². The standard InChI is InChI=1S/C24H18ClN5O3/c25-21-14(8-17-22(29-21)28-11-27-17)10-30-18-9-13-4-1-3-12(13)7-16(18)19(20(30)24(32)33)15-5-2-6-26-23(15)31/h2,5-9,11H,1,3-4,10H2,(H,26,31)(H,32,33)(H,27,28,29). The maximum atomic E-state index is 12.7. The number of aromatic carboxylic acids is 1. The summed E-state index contributed by atoms with van der Waals surface area (Å²) in [5.74, 6) is -1.11. The number of benzene rings is 1. The third kappa shape index (κ3) is 3.06. The number of carboxylic acids is 1. The molecule has 0 atom stereocenters. The second kappa shape index (κ2) is 7.31. The minimum Gasteiger partial charge on any atom is -0.477 e. The molecule has 0 aliphatic heterocycles. The Hall–Kier alpha value is -3.91. The van der Waals surface area contributed by atoms with Gasteiger partial charge in [-0.3, -0.25) is 4.79 Å². The van der Waals surface area contributed by atoms with E-state index >= 15 is 0 Å². The number of carboxylic acid groups (broad SMARTS) is 1. The first kappa shape index (κ1) is 19.8. The molecule has 0 saturated carbocycles. The fourth-order valence-corrected chi connectivity index (χ4v) is 5.06. The van der Waals surface area contributed by atoms with E-state index in [1.807, 2.05) is 12.1 Å². The van der Waals surface area contributed by atoms with Crippen molar-refractivity contribution in [3.63, 3.8) is 0 Å². The molecule has 0 radical (unpaired) electrons. The third-order valence-corrected chi connectivity index (χ3v) is 6.66. The Morgan fingerprint density at radius 3 is 2.79 bits per heavy atom. The number of H-pyrrole nitrogens is 2. The third-order valence-electron chi connectivity index (χ3n) is 6.33. The second-order valence-corrected chi connectivity index (χ2v) is 8.59. The zero-order valence-corrected chi connectivity index (χ0v) is 18.1. The number of aryl methyl sites for hydroxylation is 2. The largest absolute Gasteiger partial charge is 0.477 e. The zero-order chi connectivity index (χ0) is 22.7. The number of imidazole rings is 1. The van der Waals surface area contributed by atoms with Crippen molar-refractivity contribution >= 4 is 39.6 Å². The molecule has 33 heavy (non-hydrogen) atoms. The van der Waals surface area contributed by atoms with Gasteiger partial charge in [0.15, 0.2) is 5.65 Å². The van der Waals surface area contributed by atoms with Crippen LogP contribution in [0.15, 0.2) is 47.7 Å². The van der Waals surface area contributed by atoms with Crippen LogP contribution in [0.4, 0.5) is 0 Å². The molecule has 3 N–H and O–H groups in total. The molecular formula is C24H18ClN5O3. The monoisotopic (exact) mass is 459 g/mol. The first-order valence-corrected chi connectivity index (χ1v) is 11.0. The second-order valence-electron chi connectivity index (χ2n) is 8.23. The van der Waals surface area contributed by atoms with Gasteiger partial charge in [-0.25, -0.2) is 14.8 Å². The van der Waals surface area contributed by atoms with E-state index in [9.17, 15) is 14.7 Å². The smallest absolute Gasteiger partial charge is 0.353 e. The van der Waals surface area contributed by atoms with Crippen LogP contribution >= 0.6 is 11.6 Å². The van der Waals surface area contributed by atoms with E-state index in [0.29, 0.717) is 27.9 Å². The normalized spacial score (nSPS) is 13.1. The summed E-state index contributed by atoms with van der Waals surface area (Å²) in [6, 6.07) is 9.28. The van der Waals surface area contributed by atoms with Crippen molar-refractivity contribution < 1.29 is 9.90 Å². The molecule has 164 valence electrons. The predicted octanol–water partition coefficient (Wildman–Crippen LogP) is 4.16. The topological polar surface area (TPSA) is 117 Å². The van der Waals surface area contributed by atoms with Gasteiger partial charge in [-0.05, 0) is 60.7 Å². The average Bonchev–Trinajstić information content (AvgIpc) is 3.50. The summed E-state index contributed by atoms with van der Waals surface area (Å²) in [4.78, 5) is 39.4. The van der Waals surface area contributed by atoms with Crippen molar-refractivity contribution in [3.8, 4) is 11.1 Å². The number of nitrogens with zero attached hydrogens (tertiary/aromatic N) is 3. The highest BCUT2D eigenvalue weighted by Crippen LogP contribution is 2.38. The van der Waals surface area contributed by atoms with Crippen LogP contribution in [-0.2, 0) is 19.4 Å². The van der Waals surface area contributed by atoms with E-state index in [2.05, 4.69) is 26.0 Å². The molecule has 1 aromatic carbocycles. The van der Waals surface area contributed by atoms with E-state index in [4.69, 9.17) is 11.6 Å². The van der Waals surface area contributed by atoms with Crippen LogP contribution in [0.2, 0.25) is 5.15 Å². The van der Waals surface area contributed by atoms with E-state index in [1.54, 1.807) is 16.7 Å². The van der Waals surface area contributed by atoms with Gasteiger partial charge in [-0.2, -0.15) is 0 Å². The number of halogens is 1. The van der Waals surface area contributed by atoms with Gasteiger partial charge in [0.1, 0.15) is 10.8 Å². The molecule has 0 saturated heterocycles. The maximum Gasteiger partial charge on any atom is 0.353 e. The Labute approximate surface area is 191 Å². The number of rotatable bonds is 4. The van der Waals surface area contributed by atoms with Crippen LogP contribution in [0.5, 0.6) is 0 Å². The first-order valence-electron chi connectivity index (χ1n) is 10.6. The van der Waals surface area contributed by atoms with Gasteiger partial charge >= 0.3 is 5.97 Å². The SMILES string of the molecule is O=C(O)c1c(-c2ccc[nH]c2=O)c2cc3c(cc2n1Cc1cc2[nH]cnc2nc1Cl)CCC3.